The molecule has 126 valence electrons. The van der Waals surface area contributed by atoms with Crippen molar-refractivity contribution >= 4 is 11.6 Å². The third-order valence-corrected chi connectivity index (χ3v) is 4.16. The first-order valence-electron chi connectivity index (χ1n) is 7.96. The molecular formula is C20H17ClN2O2. The summed E-state index contributed by atoms with van der Waals surface area (Å²) in [6, 6.07) is 18.1. The predicted octanol–water partition coefficient (Wildman–Crippen LogP) is 5.21. The largest absolute Gasteiger partial charge is 0.493 e. The van der Waals surface area contributed by atoms with Gasteiger partial charge >= 0.3 is 0 Å². The Morgan fingerprint density at radius 3 is 2.56 bits per heavy atom. The minimum Gasteiger partial charge on any atom is -0.493 e. The summed E-state index contributed by atoms with van der Waals surface area (Å²) in [6.07, 6.45) is 4.02. The van der Waals surface area contributed by atoms with E-state index in [-0.39, 0.29) is 0 Å². The van der Waals surface area contributed by atoms with Gasteiger partial charge in [-0.1, -0.05) is 47.1 Å². The number of halogens is 1. The monoisotopic (exact) mass is 352 g/mol. The van der Waals surface area contributed by atoms with E-state index < -0.39 is 6.04 Å². The van der Waals surface area contributed by atoms with Crippen LogP contribution in [0.2, 0.25) is 5.02 Å². The van der Waals surface area contributed by atoms with Crippen molar-refractivity contribution in [3.8, 4) is 5.75 Å². The molecule has 25 heavy (non-hydrogen) atoms. The molecule has 0 aliphatic heterocycles. The number of pyridine rings is 1. The Kier molecular flexibility index (Phi) is 5.75. The molecule has 1 unspecified atom stereocenters. The quantitative estimate of drug-likeness (QED) is 0.548. The predicted molar refractivity (Wildman–Crippen MR) is 99.0 cm³/mol. The Labute approximate surface area is 151 Å². The van der Waals surface area contributed by atoms with Gasteiger partial charge < -0.3 is 4.74 Å². The summed E-state index contributed by atoms with van der Waals surface area (Å²) in [5, 5.41) is 3.99. The van der Waals surface area contributed by atoms with Gasteiger partial charge in [-0.05, 0) is 41.5 Å². The Balaban J connectivity index is 1.74. The van der Waals surface area contributed by atoms with E-state index in [0.717, 1.165) is 22.4 Å². The van der Waals surface area contributed by atoms with Gasteiger partial charge in [-0.15, -0.1) is 4.91 Å². The van der Waals surface area contributed by atoms with Crippen LogP contribution in [0.25, 0.3) is 0 Å². The summed E-state index contributed by atoms with van der Waals surface area (Å²) in [7, 11) is 0. The fraction of sp³-hybridized carbons (Fsp3) is 0.150. The Hall–Kier alpha value is -2.72. The third-order valence-electron chi connectivity index (χ3n) is 3.91. The standard InChI is InChI=1S/C20H17ClN2O2/c21-17-7-9-18(10-8-17)25-13-11-15-4-1-2-6-19(15)20(23-24)16-5-3-12-22-14-16/h1-10,12,14,20H,11,13H2. The van der Waals surface area contributed by atoms with Crippen molar-refractivity contribution in [3.05, 3.63) is 99.7 Å². The van der Waals surface area contributed by atoms with Gasteiger partial charge in [0.1, 0.15) is 11.8 Å². The number of rotatable bonds is 7. The summed E-state index contributed by atoms with van der Waals surface area (Å²) in [5.41, 5.74) is 2.69. The first-order chi connectivity index (χ1) is 12.3. The zero-order chi connectivity index (χ0) is 17.5. The zero-order valence-corrected chi connectivity index (χ0v) is 14.3. The van der Waals surface area contributed by atoms with E-state index >= 15 is 0 Å². The van der Waals surface area contributed by atoms with E-state index in [9.17, 15) is 4.91 Å². The molecule has 0 radical (unpaired) electrons. The Morgan fingerprint density at radius 1 is 1.04 bits per heavy atom. The van der Waals surface area contributed by atoms with Crippen molar-refractivity contribution in [2.75, 3.05) is 6.61 Å². The molecule has 1 heterocycles. The first kappa shape index (κ1) is 17.1. The molecule has 4 nitrogen and oxygen atoms in total. The van der Waals surface area contributed by atoms with Crippen LogP contribution in [0.15, 0.2) is 78.2 Å². The van der Waals surface area contributed by atoms with Crippen LogP contribution in [0.1, 0.15) is 22.7 Å². The molecule has 0 amide bonds. The molecule has 0 N–H and O–H groups in total. The lowest BCUT2D eigenvalue weighted by molar-refractivity contribution is 0.321. The molecule has 0 saturated heterocycles. The van der Waals surface area contributed by atoms with Crippen molar-refractivity contribution in [1.82, 2.24) is 4.98 Å². The number of nitroso groups, excluding NO2 is 1. The molecule has 0 fully saturated rings. The molecule has 0 saturated carbocycles. The number of ether oxygens (including phenoxy) is 1. The highest BCUT2D eigenvalue weighted by molar-refractivity contribution is 6.30. The SMILES string of the molecule is O=NC(c1cccnc1)c1ccccc1CCOc1ccc(Cl)cc1. The summed E-state index contributed by atoms with van der Waals surface area (Å²) >= 11 is 5.87. The average molecular weight is 353 g/mol. The lowest BCUT2D eigenvalue weighted by atomic mass is 9.95. The second kappa shape index (κ2) is 8.40. The molecule has 5 heteroatoms. The van der Waals surface area contributed by atoms with Gasteiger partial charge in [-0.3, -0.25) is 4.98 Å². The van der Waals surface area contributed by atoms with E-state index in [1.54, 1.807) is 30.6 Å². The topological polar surface area (TPSA) is 51.5 Å². The number of nitrogens with zero attached hydrogens (tertiary/aromatic N) is 2. The Bertz CT molecular complexity index is 823. The fourth-order valence-electron chi connectivity index (χ4n) is 2.67. The van der Waals surface area contributed by atoms with Crippen LogP contribution >= 0.6 is 11.6 Å². The van der Waals surface area contributed by atoms with E-state index in [1.807, 2.05) is 42.5 Å². The Morgan fingerprint density at radius 2 is 1.84 bits per heavy atom. The number of benzene rings is 2. The maximum Gasteiger partial charge on any atom is 0.144 e. The highest BCUT2D eigenvalue weighted by Gasteiger charge is 2.18. The van der Waals surface area contributed by atoms with Gasteiger partial charge in [-0.2, -0.15) is 0 Å². The summed E-state index contributed by atoms with van der Waals surface area (Å²) in [4.78, 5) is 15.5. The van der Waals surface area contributed by atoms with Crippen molar-refractivity contribution < 1.29 is 4.74 Å². The van der Waals surface area contributed by atoms with Crippen LogP contribution in [-0.2, 0) is 6.42 Å². The van der Waals surface area contributed by atoms with Crippen LogP contribution < -0.4 is 4.74 Å². The second-order valence-electron chi connectivity index (χ2n) is 5.55. The molecule has 1 aromatic heterocycles. The lowest BCUT2D eigenvalue weighted by Gasteiger charge is -2.15. The van der Waals surface area contributed by atoms with Gasteiger partial charge in [0.05, 0.1) is 6.61 Å². The van der Waals surface area contributed by atoms with Crippen LogP contribution in [0.5, 0.6) is 5.75 Å². The van der Waals surface area contributed by atoms with Gasteiger partial charge in [0, 0.05) is 29.4 Å². The van der Waals surface area contributed by atoms with Gasteiger partial charge in [-0.25, -0.2) is 0 Å². The van der Waals surface area contributed by atoms with E-state index in [0.29, 0.717) is 18.1 Å². The molecular weight excluding hydrogens is 336 g/mol. The number of hydrogen-bond donors (Lipinski definition) is 0. The van der Waals surface area contributed by atoms with E-state index in [2.05, 4.69) is 10.2 Å². The molecule has 3 aromatic rings. The lowest BCUT2D eigenvalue weighted by Crippen LogP contribution is -2.07. The highest BCUT2D eigenvalue weighted by atomic mass is 35.5. The normalized spacial score (nSPS) is 11.7. The van der Waals surface area contributed by atoms with Crippen LogP contribution in [0.3, 0.4) is 0 Å². The molecule has 3 rings (SSSR count). The molecule has 0 spiro atoms. The van der Waals surface area contributed by atoms with E-state index in [1.165, 1.54) is 0 Å². The minimum absolute atomic E-state index is 0.497. The average Bonchev–Trinajstić information content (AvgIpc) is 2.66. The smallest absolute Gasteiger partial charge is 0.144 e. The van der Waals surface area contributed by atoms with Crippen molar-refractivity contribution in [2.45, 2.75) is 12.5 Å². The molecule has 1 atom stereocenters. The second-order valence-corrected chi connectivity index (χ2v) is 5.98. The van der Waals surface area contributed by atoms with Gasteiger partial charge in [0.15, 0.2) is 0 Å². The van der Waals surface area contributed by atoms with Crippen molar-refractivity contribution in [1.29, 1.82) is 0 Å². The molecule has 0 aliphatic rings. The minimum atomic E-state index is -0.569. The number of hydrogen-bond acceptors (Lipinski definition) is 4. The third kappa shape index (κ3) is 4.43. The first-order valence-corrected chi connectivity index (χ1v) is 8.34. The summed E-state index contributed by atoms with van der Waals surface area (Å²) in [5.74, 6) is 0.763. The van der Waals surface area contributed by atoms with Crippen LogP contribution in [-0.4, -0.2) is 11.6 Å². The zero-order valence-electron chi connectivity index (χ0n) is 13.5. The van der Waals surface area contributed by atoms with Crippen LogP contribution in [0.4, 0.5) is 0 Å². The number of aromatic nitrogens is 1. The summed E-state index contributed by atoms with van der Waals surface area (Å²) < 4.78 is 5.76. The molecule has 0 bridgehead atoms. The fourth-order valence-corrected chi connectivity index (χ4v) is 2.80. The van der Waals surface area contributed by atoms with E-state index in [4.69, 9.17) is 16.3 Å². The van der Waals surface area contributed by atoms with Gasteiger partial charge in [0.25, 0.3) is 0 Å². The molecule has 0 aliphatic carbocycles. The van der Waals surface area contributed by atoms with Crippen molar-refractivity contribution in [2.24, 2.45) is 5.18 Å². The highest BCUT2D eigenvalue weighted by Crippen LogP contribution is 2.28. The molecule has 2 aromatic carbocycles. The summed E-state index contributed by atoms with van der Waals surface area (Å²) in [6.45, 7) is 0.497. The maximum atomic E-state index is 11.5. The van der Waals surface area contributed by atoms with Crippen LogP contribution in [0, 0.1) is 4.91 Å². The maximum absolute atomic E-state index is 11.5. The van der Waals surface area contributed by atoms with Crippen molar-refractivity contribution in [3.63, 3.8) is 0 Å². The van der Waals surface area contributed by atoms with Gasteiger partial charge in [0.2, 0.25) is 0 Å².